The number of fused-ring (bicyclic) bond motifs is 1. The average molecular weight is 474 g/mol. The van der Waals surface area contributed by atoms with Crippen molar-refractivity contribution in [1.29, 1.82) is 0 Å². The van der Waals surface area contributed by atoms with E-state index in [2.05, 4.69) is 26.9 Å². The number of hydrogen-bond acceptors (Lipinski definition) is 6. The molecule has 164 valence electrons. The number of aliphatic hydroxyl groups is 1. The summed E-state index contributed by atoms with van der Waals surface area (Å²) in [5, 5.41) is 13.1. The van der Waals surface area contributed by atoms with E-state index in [1.807, 2.05) is 6.07 Å². The second kappa shape index (κ2) is 9.65. The number of aliphatic hydroxyl groups excluding tert-OH is 1. The number of methoxy groups -OCH3 is 1. The van der Waals surface area contributed by atoms with Crippen LogP contribution in [-0.2, 0) is 13.0 Å². The Balaban J connectivity index is 1.59. The molecule has 0 atom stereocenters. The van der Waals surface area contributed by atoms with Crippen LogP contribution in [0.1, 0.15) is 22.3 Å². The maximum absolute atomic E-state index is 15.0. The van der Waals surface area contributed by atoms with Crippen molar-refractivity contribution in [1.82, 2.24) is 4.98 Å². The molecule has 9 heteroatoms. The van der Waals surface area contributed by atoms with E-state index in [0.717, 1.165) is 42.4 Å². The second-order valence-electron chi connectivity index (χ2n) is 6.90. The zero-order chi connectivity index (χ0) is 22.7. The van der Waals surface area contributed by atoms with Gasteiger partial charge >= 0.3 is 0 Å². The number of anilines is 2. The Hall–Kier alpha value is -2.99. The number of pyridine rings is 1. The molecule has 2 heterocycles. The fourth-order valence-corrected chi connectivity index (χ4v) is 4.46. The summed E-state index contributed by atoms with van der Waals surface area (Å²) in [4.78, 5) is 4.82. The van der Waals surface area contributed by atoms with E-state index < -0.39 is 11.6 Å². The quantitative estimate of drug-likeness (QED) is 0.358. The zero-order valence-electron chi connectivity index (χ0n) is 16.9. The Labute approximate surface area is 193 Å². The number of halogens is 3. The van der Waals surface area contributed by atoms with Gasteiger partial charge in [-0.2, -0.15) is 0 Å². The SMILES string of the molecule is COc1c(CO)cc(Cl)cc1SNc1ccc(F)c(C#Cc2cnc3c(c2)CCN3)c1F. The number of hydrogen-bond donors (Lipinski definition) is 3. The fourth-order valence-electron chi connectivity index (χ4n) is 3.28. The Bertz CT molecular complexity index is 1240. The first-order valence-electron chi connectivity index (χ1n) is 9.63. The number of nitrogens with zero attached hydrogens (tertiary/aromatic N) is 1. The van der Waals surface area contributed by atoms with Crippen LogP contribution in [0.15, 0.2) is 41.4 Å². The lowest BCUT2D eigenvalue weighted by atomic mass is 10.1. The Morgan fingerprint density at radius 3 is 2.91 bits per heavy atom. The third kappa shape index (κ3) is 4.60. The monoisotopic (exact) mass is 473 g/mol. The molecule has 3 N–H and O–H groups in total. The molecule has 2 aromatic carbocycles. The molecule has 0 bridgehead atoms. The highest BCUT2D eigenvalue weighted by molar-refractivity contribution is 8.00. The summed E-state index contributed by atoms with van der Waals surface area (Å²) in [5.74, 6) is 5.04. The number of nitrogens with one attached hydrogen (secondary N) is 2. The summed E-state index contributed by atoms with van der Waals surface area (Å²) in [7, 11) is 1.46. The van der Waals surface area contributed by atoms with Gasteiger partial charge in [0.15, 0.2) is 5.82 Å². The molecular weight excluding hydrogens is 456 g/mol. The highest BCUT2D eigenvalue weighted by Crippen LogP contribution is 2.36. The van der Waals surface area contributed by atoms with Crippen LogP contribution in [0.3, 0.4) is 0 Å². The largest absolute Gasteiger partial charge is 0.495 e. The minimum absolute atomic E-state index is 0.0459. The summed E-state index contributed by atoms with van der Waals surface area (Å²) in [5.41, 5.74) is 1.81. The first kappa shape index (κ1) is 22.2. The first-order chi connectivity index (χ1) is 15.5. The van der Waals surface area contributed by atoms with E-state index in [9.17, 15) is 9.50 Å². The molecule has 1 aromatic heterocycles. The van der Waals surface area contributed by atoms with E-state index in [0.29, 0.717) is 26.8 Å². The molecule has 32 heavy (non-hydrogen) atoms. The van der Waals surface area contributed by atoms with Crippen LogP contribution in [0.4, 0.5) is 20.3 Å². The van der Waals surface area contributed by atoms with Crippen molar-refractivity contribution in [3.63, 3.8) is 0 Å². The molecule has 0 saturated carbocycles. The molecule has 0 fully saturated rings. The van der Waals surface area contributed by atoms with Crippen molar-refractivity contribution in [2.75, 3.05) is 23.7 Å². The van der Waals surface area contributed by atoms with Crippen molar-refractivity contribution in [2.24, 2.45) is 0 Å². The van der Waals surface area contributed by atoms with Gasteiger partial charge in [-0.1, -0.05) is 23.4 Å². The molecule has 5 nitrogen and oxygen atoms in total. The van der Waals surface area contributed by atoms with Crippen LogP contribution in [0, 0.1) is 23.5 Å². The normalized spacial score (nSPS) is 11.9. The van der Waals surface area contributed by atoms with Gasteiger partial charge in [0.1, 0.15) is 17.4 Å². The van der Waals surface area contributed by atoms with E-state index in [1.54, 1.807) is 18.3 Å². The standard InChI is InChI=1S/C23H18ClF2N3O2S/c1-31-22-15(12-30)9-16(24)10-20(22)32-29-19-5-4-18(25)17(21(19)26)3-2-13-8-14-6-7-27-23(14)28-11-13/h4-5,8-11,29-30H,6-7,12H2,1H3,(H,27,28). The Kier molecular flexibility index (Phi) is 6.70. The molecule has 0 unspecified atom stereocenters. The van der Waals surface area contributed by atoms with Crippen LogP contribution < -0.4 is 14.8 Å². The van der Waals surface area contributed by atoms with Crippen molar-refractivity contribution in [3.05, 3.63) is 75.4 Å². The number of benzene rings is 2. The van der Waals surface area contributed by atoms with Gasteiger partial charge in [-0.3, -0.25) is 0 Å². The third-order valence-corrected chi connectivity index (χ3v) is 5.88. The van der Waals surface area contributed by atoms with Gasteiger partial charge < -0.3 is 19.9 Å². The maximum Gasteiger partial charge on any atom is 0.165 e. The van der Waals surface area contributed by atoms with Gasteiger partial charge in [0.05, 0.1) is 29.9 Å². The minimum Gasteiger partial charge on any atom is -0.495 e. The van der Waals surface area contributed by atoms with E-state index in [1.165, 1.54) is 13.2 Å². The summed E-state index contributed by atoms with van der Waals surface area (Å²) in [6, 6.07) is 7.51. The fraction of sp³-hybridized carbons (Fsp3) is 0.174. The van der Waals surface area contributed by atoms with Crippen LogP contribution >= 0.6 is 23.5 Å². The van der Waals surface area contributed by atoms with E-state index in [-0.39, 0.29) is 17.9 Å². The highest BCUT2D eigenvalue weighted by Gasteiger charge is 2.16. The lowest BCUT2D eigenvalue weighted by molar-refractivity contribution is 0.272. The Morgan fingerprint density at radius 1 is 1.28 bits per heavy atom. The maximum atomic E-state index is 15.0. The molecule has 0 radical (unpaired) electrons. The summed E-state index contributed by atoms with van der Waals surface area (Å²) >= 11 is 7.12. The third-order valence-electron chi connectivity index (χ3n) is 4.82. The summed E-state index contributed by atoms with van der Waals surface area (Å²) in [6.45, 7) is 0.542. The van der Waals surface area contributed by atoms with Gasteiger partial charge in [0.2, 0.25) is 0 Å². The van der Waals surface area contributed by atoms with Crippen molar-refractivity contribution in [3.8, 4) is 17.6 Å². The van der Waals surface area contributed by atoms with Crippen molar-refractivity contribution in [2.45, 2.75) is 17.9 Å². The predicted molar refractivity (Wildman–Crippen MR) is 122 cm³/mol. The van der Waals surface area contributed by atoms with E-state index in [4.69, 9.17) is 16.3 Å². The van der Waals surface area contributed by atoms with Crippen LogP contribution in [-0.4, -0.2) is 23.7 Å². The number of aromatic nitrogens is 1. The highest BCUT2D eigenvalue weighted by atomic mass is 35.5. The molecular formula is C23H18ClF2N3O2S. The predicted octanol–water partition coefficient (Wildman–Crippen LogP) is 5.00. The first-order valence-corrected chi connectivity index (χ1v) is 10.8. The van der Waals surface area contributed by atoms with E-state index >= 15 is 4.39 Å². The van der Waals surface area contributed by atoms with Crippen molar-refractivity contribution >= 4 is 35.1 Å². The smallest absolute Gasteiger partial charge is 0.165 e. The van der Waals surface area contributed by atoms with Gasteiger partial charge in [0.25, 0.3) is 0 Å². The summed E-state index contributed by atoms with van der Waals surface area (Å²) in [6.07, 6.45) is 2.41. The van der Waals surface area contributed by atoms with Gasteiger partial charge in [0, 0.05) is 28.9 Å². The molecule has 1 aliphatic heterocycles. The lowest BCUT2D eigenvalue weighted by Gasteiger charge is -2.14. The molecule has 3 aromatic rings. The van der Waals surface area contributed by atoms with Crippen molar-refractivity contribution < 1.29 is 18.6 Å². The lowest BCUT2D eigenvalue weighted by Crippen LogP contribution is -1.99. The molecule has 4 rings (SSSR count). The number of ether oxygens (including phenoxy) is 1. The molecule has 0 spiro atoms. The molecule has 1 aliphatic rings. The average Bonchev–Trinajstić information content (AvgIpc) is 3.26. The second-order valence-corrected chi connectivity index (χ2v) is 8.19. The minimum atomic E-state index is -0.816. The molecule has 0 saturated heterocycles. The Morgan fingerprint density at radius 2 is 2.12 bits per heavy atom. The topological polar surface area (TPSA) is 66.4 Å². The number of rotatable bonds is 5. The molecule has 0 amide bonds. The van der Waals surface area contributed by atoms with Gasteiger partial charge in [-0.05, 0) is 54.3 Å². The zero-order valence-corrected chi connectivity index (χ0v) is 18.5. The van der Waals surface area contributed by atoms with Gasteiger partial charge in [-0.15, -0.1) is 0 Å². The molecule has 0 aliphatic carbocycles. The van der Waals surface area contributed by atoms with Crippen LogP contribution in [0.2, 0.25) is 5.02 Å². The van der Waals surface area contributed by atoms with Crippen LogP contribution in [0.25, 0.3) is 0 Å². The van der Waals surface area contributed by atoms with Gasteiger partial charge in [-0.25, -0.2) is 13.8 Å². The van der Waals surface area contributed by atoms with Crippen LogP contribution in [0.5, 0.6) is 5.75 Å². The summed E-state index contributed by atoms with van der Waals surface area (Å²) < 4.78 is 37.5.